The molecule has 1 N–H and O–H groups in total. The van der Waals surface area contributed by atoms with Crippen molar-refractivity contribution in [3.8, 4) is 11.5 Å². The first-order chi connectivity index (χ1) is 73.5. The van der Waals surface area contributed by atoms with E-state index < -0.39 is 11.9 Å². The van der Waals surface area contributed by atoms with E-state index in [1.165, 1.54) is 64.0 Å². The molecule has 0 aliphatic carbocycles. The van der Waals surface area contributed by atoms with Gasteiger partial charge in [-0.3, -0.25) is 0 Å². The van der Waals surface area contributed by atoms with Gasteiger partial charge in [0, 0.05) is 1000 Å². The third kappa shape index (κ3) is 106. The Morgan fingerprint density at radius 3 is 0.604 bits per heavy atom. The molecule has 0 atom stereocenters. The summed E-state index contributed by atoms with van der Waals surface area (Å²) in [5.74, 6) is -0.114. The Balaban J connectivity index is 0.000000745. The van der Waals surface area contributed by atoms with Gasteiger partial charge in [0.05, 0.1) is 40.5 Å². The van der Waals surface area contributed by atoms with Gasteiger partial charge in [0.2, 0.25) is 0 Å². The maximum absolute atomic E-state index is 12.4. The minimum atomic E-state index is -0.505. The van der Waals surface area contributed by atoms with Gasteiger partial charge in [0.1, 0.15) is 0 Å². The van der Waals surface area contributed by atoms with E-state index in [1.807, 2.05) is 687 Å². The third-order valence-electron chi connectivity index (χ3n) is 9.05. The number of H-pyrrole nitrogens is 1. The molecule has 2 heterocycles. The van der Waals surface area contributed by atoms with Crippen LogP contribution in [0.5, 0.6) is 11.5 Å². The van der Waals surface area contributed by atoms with Crippen molar-refractivity contribution >= 4 is 1050 Å². The first-order valence-electron chi connectivity index (χ1n) is 29.6. The second-order valence-corrected chi connectivity index (χ2v) is 201. The molecule has 0 radical (unpaired) electrons. The Hall–Kier alpha value is 20.2. The minimum absolute atomic E-state index is 0.294. The van der Waals surface area contributed by atoms with E-state index in [2.05, 4.69) is 9.72 Å². The SMILES string of the molecule is COC(=O)c1[nH]c2ccc(Cl)cc2c1OC.COC(=O)c1c(OC)c2cc(Cl)ccc2n1Cc1ccc(Cl)cc1Cl.S=S=S=S=S=S=S=S=S=S=S=S=S=S=S=S=S=S=S=S=S=S=S=S=S=S=S=S=S=S=S=S=S=S=S=S=S=S=S=S=S=S=S=S=S.S=S=S=S=S=S=S=S=S=S=S=S=S=S=S=S=S=S=S=S=S=S=S=S=S=S=S=S=S=S=S=S=S=S=S=S=S=S=S=S=S=S=S=S=S=S=S=S=S=S=S=S=S=S=S=S=S=S=S=S=S=S=S. The van der Waals surface area contributed by atoms with Crippen molar-refractivity contribution in [1.29, 1.82) is 0 Å². The number of hydrogen-bond acceptors (Lipinski definition) is 10. The molecule has 0 aliphatic heterocycles. The zero-order chi connectivity index (χ0) is 107. The van der Waals surface area contributed by atoms with Crippen LogP contribution in [0.25, 0.3) is 21.8 Å². The Morgan fingerprint density at radius 2 is 0.416 bits per heavy atom. The van der Waals surface area contributed by atoms with Crippen LogP contribution in [-0.2, 0) is 984 Å². The number of rotatable bonds is 6. The molecule has 0 fully saturated rings. The van der Waals surface area contributed by atoms with Gasteiger partial charge in [0.15, 0.2) is 22.9 Å². The monoisotopic (exact) mass is 4090 g/mol. The van der Waals surface area contributed by atoms with Crippen molar-refractivity contribution in [2.45, 2.75) is 6.54 Å². The smallest absolute Gasteiger partial charge is 0.358 e. The number of nitrogens with one attached hydrogen (secondary N) is 1. The van der Waals surface area contributed by atoms with Crippen LogP contribution >= 0.6 is 46.4 Å². The topological polar surface area (TPSA) is 91.8 Å². The zero-order valence-corrected chi connectivity index (χ0v) is 158. The fourth-order valence-corrected chi connectivity index (χ4v) is 281. The molecule has 0 unspecified atom stereocenters. The number of methoxy groups -OCH3 is 4. The molecule has 5 aromatic rings. The summed E-state index contributed by atoms with van der Waals surface area (Å²) in [7, 11) is 192. The van der Waals surface area contributed by atoms with Gasteiger partial charge in [-0.1, -0.05) is 52.5 Å². The normalized spacial score (nSPS) is 8.59. The number of aromatic amines is 1. The lowest BCUT2D eigenvalue weighted by molar-refractivity contribution is 0.0579. The number of halogens is 4. The number of benzene rings is 3. The average molecular weight is 4100 g/mol. The van der Waals surface area contributed by atoms with Gasteiger partial charge in [-0.2, -0.15) is 0 Å². The standard InChI is InChI=1S/C18H14Cl3NO3.C11H10ClNO3.S63.S45/c1-24-17-13-7-11(19)5-6-15(13)22(16(17)18(23)25-2)9-10-3-4-12(20)8-14(10)21;1-15-10-7-5-6(12)3-4-8(7)13-9(10)11(14)16-2;1-3-5-7-9-11-13-15-17-19-21-23-25-27-29-31-33-35-37-39-41-43-45-47-49-51-53-55-57-59-61-63-62-60-58-56-54-52-50-48-46-44-42-40-38-36-34-32-30-28-26-24-22-20-18-16-14-12-10-8-6-4-2;1-3-5-7-9-11-13-15-17-19-21-23-25-27-29-31-33-35-37-39-41-43-45-44-42-40-38-36-34-32-30-28-26-24-22-20-18-16-14-12-10-8-6-4-2/h3-8H,9H2,1-2H3;3-5,13H,1-2H3;;. The summed E-state index contributed by atoms with van der Waals surface area (Å²) in [6, 6.07) is 15.8. The van der Waals surface area contributed by atoms with Crippen LogP contribution in [0.3, 0.4) is 0 Å². The zero-order valence-electron chi connectivity index (χ0n) is 66.4. The molecule has 5 rings (SSSR count). The number of esters is 2. The second-order valence-electron chi connectivity index (χ2n) is 15.6. The third-order valence-corrected chi connectivity index (χ3v) is 237. The predicted molar refractivity (Wildman–Crippen MR) is 957 cm³/mol. The molecule has 0 aliphatic rings. The largest absolute Gasteiger partial charge is 0.494 e. The predicted octanol–water partition coefficient (Wildman–Crippen LogP) is 7.80. The van der Waals surface area contributed by atoms with Crippen molar-refractivity contribution in [3.63, 3.8) is 0 Å². The molecule has 8 nitrogen and oxygen atoms in total. The van der Waals surface area contributed by atoms with Crippen molar-refractivity contribution in [2.24, 2.45) is 0 Å². The maximum Gasteiger partial charge on any atom is 0.358 e. The summed E-state index contributed by atoms with van der Waals surface area (Å²) in [5.41, 5.74) is 2.97. The summed E-state index contributed by atoms with van der Waals surface area (Å²) < 4.78 is 22.0. The molecule has 0 spiro atoms. The van der Waals surface area contributed by atoms with Crippen LogP contribution in [0.1, 0.15) is 26.5 Å². The number of nitrogens with zero attached hydrogens (tertiary/aromatic N) is 1. The first kappa shape index (κ1) is 165. The second kappa shape index (κ2) is 134. The van der Waals surface area contributed by atoms with E-state index in [-0.39, 0.29) is 0 Å². The molecular formula is C29H24Cl4N2O6S108. The molecule has 0 saturated carbocycles. The highest BCUT2D eigenvalue weighted by Gasteiger charge is 2.25. The lowest BCUT2D eigenvalue weighted by Crippen LogP contribution is -2.12. The Labute approximate surface area is 1190 Å². The molecule has 149 heavy (non-hydrogen) atoms. The Morgan fingerprint density at radius 1 is 0.235 bits per heavy atom. The minimum Gasteiger partial charge on any atom is -0.494 e. The van der Waals surface area contributed by atoms with Crippen LogP contribution in [0.4, 0.5) is 0 Å². The Bertz CT molecular complexity index is 10900. The lowest BCUT2D eigenvalue weighted by atomic mass is 10.2. The number of carbonyl (C=O) groups excluding carboxylic acids is 2. The van der Waals surface area contributed by atoms with Crippen molar-refractivity contribution in [3.05, 3.63) is 91.6 Å². The van der Waals surface area contributed by atoms with E-state index in [4.69, 9.17) is 105 Å². The number of aromatic nitrogens is 2. The fraction of sp³-hybridized carbons (Fsp3) is 0.172. The molecule has 862 valence electrons. The molecule has 3 aromatic carbocycles. The van der Waals surface area contributed by atoms with Gasteiger partial charge in [-0.05, 0) is 54.1 Å². The molecule has 0 bridgehead atoms. The highest BCUT2D eigenvalue weighted by Crippen LogP contribution is 2.37. The number of fused-ring (bicyclic) bond motifs is 2. The average Bonchev–Trinajstić information content (AvgIpc) is 1.60. The highest BCUT2D eigenvalue weighted by atomic mass is 35.5. The lowest BCUT2D eigenvalue weighted by Gasteiger charge is -2.12. The van der Waals surface area contributed by atoms with Crippen molar-refractivity contribution in [1.82, 2.24) is 9.55 Å². The van der Waals surface area contributed by atoms with Gasteiger partial charge < -0.3 is 28.5 Å². The highest BCUT2D eigenvalue weighted by molar-refractivity contribution is 8.88. The number of carbonyl (C=O) groups is 2. The van der Waals surface area contributed by atoms with Crippen LogP contribution in [-0.4, -0.2) is 49.9 Å². The van der Waals surface area contributed by atoms with Crippen LogP contribution in [0, 0.1) is 0 Å². The maximum atomic E-state index is 12.4. The molecule has 2 aromatic heterocycles. The summed E-state index contributed by atoms with van der Waals surface area (Å²) in [5, 5.41) is 3.67. The van der Waals surface area contributed by atoms with Gasteiger partial charge in [-0.15, -0.1) is 0 Å². The van der Waals surface area contributed by atoms with Crippen molar-refractivity contribution < 1.29 is 28.5 Å². The molecular weight excluding hydrogens is 4080 g/mol. The number of ether oxygens (including phenoxy) is 4. The Kier molecular flexibility index (Phi) is 149. The van der Waals surface area contributed by atoms with Crippen LogP contribution < -0.4 is 9.47 Å². The summed E-state index contributed by atoms with van der Waals surface area (Å²) in [4.78, 5) is 26.8. The van der Waals surface area contributed by atoms with Gasteiger partial charge >= 0.3 is 11.9 Å². The van der Waals surface area contributed by atoms with E-state index in [9.17, 15) is 9.59 Å². The van der Waals surface area contributed by atoms with Gasteiger partial charge in [0.25, 0.3) is 0 Å². The summed E-state index contributed by atoms with van der Waals surface area (Å²) in [6.45, 7) is 0.349. The number of hydrogen-bond donors (Lipinski definition) is 1. The molecule has 120 heteroatoms. The molecule has 0 saturated heterocycles. The van der Waals surface area contributed by atoms with Crippen molar-refractivity contribution in [2.75, 3.05) is 28.4 Å². The van der Waals surface area contributed by atoms with E-state index >= 15 is 0 Å². The van der Waals surface area contributed by atoms with Crippen LogP contribution in [0.2, 0.25) is 20.1 Å². The summed E-state index contributed by atoms with van der Waals surface area (Å²) in [6.07, 6.45) is 0. The fourth-order valence-electron chi connectivity index (χ4n) is 5.52. The van der Waals surface area contributed by atoms with Crippen LogP contribution in [0.15, 0.2) is 54.6 Å². The van der Waals surface area contributed by atoms with E-state index in [1.54, 1.807) is 260 Å². The molecule has 0 amide bonds. The van der Waals surface area contributed by atoms with E-state index in [0.29, 0.717) is 49.5 Å². The van der Waals surface area contributed by atoms with Gasteiger partial charge in [-0.25, -0.2) is 9.59 Å². The summed E-state index contributed by atoms with van der Waals surface area (Å²) >= 11 is 43.5. The first-order valence-corrected chi connectivity index (χ1v) is 172. The van der Waals surface area contributed by atoms with E-state index in [0.717, 1.165) is 27.4 Å². The quantitative estimate of drug-likeness (QED) is 0.170.